The number of anilines is 1. The number of carbonyl (C=O) groups excluding carboxylic acids is 1. The van der Waals surface area contributed by atoms with E-state index in [-0.39, 0.29) is 23.7 Å². The van der Waals surface area contributed by atoms with Gasteiger partial charge in [-0.15, -0.1) is 0 Å². The molecule has 3 aromatic carbocycles. The quantitative estimate of drug-likeness (QED) is 0.229. The number of nitro benzene ring substituents is 1. The van der Waals surface area contributed by atoms with Crippen LogP contribution in [0, 0.1) is 24.0 Å². The van der Waals surface area contributed by atoms with Gasteiger partial charge in [-0.2, -0.15) is 4.98 Å². The number of hydrogen-bond acceptors (Lipinski definition) is 7. The first-order valence-electron chi connectivity index (χ1n) is 12.7. The SMILES string of the molecule is Cc1ccc(Oc2nc(N(C)Cc3ccccc3)nc3c2CN(C(=O)c2ccc(C)c([N+](=O)[O-])c2)CC3)cc1. The molecule has 0 saturated heterocycles. The highest BCUT2D eigenvalue weighted by molar-refractivity contribution is 5.95. The van der Waals surface area contributed by atoms with Crippen molar-refractivity contribution >= 4 is 17.5 Å². The summed E-state index contributed by atoms with van der Waals surface area (Å²) in [5.41, 5.74) is 4.50. The molecule has 0 fully saturated rings. The van der Waals surface area contributed by atoms with Gasteiger partial charge in [-0.1, -0.05) is 54.1 Å². The van der Waals surface area contributed by atoms with Crippen LogP contribution in [-0.4, -0.2) is 39.3 Å². The van der Waals surface area contributed by atoms with Gasteiger partial charge in [-0.05, 0) is 37.6 Å². The summed E-state index contributed by atoms with van der Waals surface area (Å²) in [6.07, 6.45) is 0.508. The lowest BCUT2D eigenvalue weighted by atomic mass is 10.0. The average molecular weight is 524 g/mol. The zero-order valence-corrected chi connectivity index (χ0v) is 22.1. The van der Waals surface area contributed by atoms with Gasteiger partial charge in [0.15, 0.2) is 0 Å². The molecule has 1 aliphatic rings. The maximum Gasteiger partial charge on any atom is 0.273 e. The number of hydrogen-bond donors (Lipinski definition) is 0. The number of benzene rings is 3. The predicted octanol–water partition coefficient (Wildman–Crippen LogP) is 5.63. The molecule has 2 heterocycles. The summed E-state index contributed by atoms with van der Waals surface area (Å²) in [7, 11) is 1.94. The molecule has 198 valence electrons. The fourth-order valence-corrected chi connectivity index (χ4v) is 4.57. The molecule has 5 rings (SSSR count). The molecule has 0 bridgehead atoms. The average Bonchev–Trinajstić information content (AvgIpc) is 2.94. The van der Waals surface area contributed by atoms with E-state index in [1.165, 1.54) is 6.07 Å². The molecule has 0 saturated carbocycles. The molecule has 9 nitrogen and oxygen atoms in total. The molecule has 1 aromatic heterocycles. The fourth-order valence-electron chi connectivity index (χ4n) is 4.57. The Balaban J connectivity index is 1.47. The van der Waals surface area contributed by atoms with E-state index in [2.05, 4.69) is 12.1 Å². The Morgan fingerprint density at radius 1 is 1.05 bits per heavy atom. The lowest BCUT2D eigenvalue weighted by Gasteiger charge is -2.30. The summed E-state index contributed by atoms with van der Waals surface area (Å²) in [6, 6.07) is 22.3. The van der Waals surface area contributed by atoms with Gasteiger partial charge in [0.2, 0.25) is 11.8 Å². The van der Waals surface area contributed by atoms with Crippen LogP contribution in [0.15, 0.2) is 72.8 Å². The number of amides is 1. The molecule has 0 aliphatic carbocycles. The Labute approximate surface area is 226 Å². The van der Waals surface area contributed by atoms with Gasteiger partial charge < -0.3 is 14.5 Å². The zero-order valence-electron chi connectivity index (χ0n) is 22.1. The third-order valence-corrected chi connectivity index (χ3v) is 6.79. The van der Waals surface area contributed by atoms with Crippen LogP contribution in [0.3, 0.4) is 0 Å². The Kier molecular flexibility index (Phi) is 7.23. The van der Waals surface area contributed by atoms with Crippen molar-refractivity contribution in [1.82, 2.24) is 14.9 Å². The van der Waals surface area contributed by atoms with Crippen molar-refractivity contribution in [3.63, 3.8) is 0 Å². The molecule has 39 heavy (non-hydrogen) atoms. The van der Waals surface area contributed by atoms with Gasteiger partial charge >= 0.3 is 0 Å². The van der Waals surface area contributed by atoms with Crippen LogP contribution in [0.2, 0.25) is 0 Å². The fraction of sp³-hybridized carbons (Fsp3) is 0.233. The summed E-state index contributed by atoms with van der Waals surface area (Å²) in [5.74, 6) is 1.28. The minimum absolute atomic E-state index is 0.0731. The van der Waals surface area contributed by atoms with Crippen molar-refractivity contribution in [2.45, 2.75) is 33.4 Å². The maximum atomic E-state index is 13.4. The van der Waals surface area contributed by atoms with E-state index in [9.17, 15) is 14.9 Å². The second-order valence-electron chi connectivity index (χ2n) is 9.75. The zero-order chi connectivity index (χ0) is 27.5. The van der Waals surface area contributed by atoms with Crippen molar-refractivity contribution in [2.75, 3.05) is 18.5 Å². The second-order valence-corrected chi connectivity index (χ2v) is 9.75. The normalized spacial score (nSPS) is 12.5. The van der Waals surface area contributed by atoms with E-state index in [1.54, 1.807) is 24.0 Å². The highest BCUT2D eigenvalue weighted by Crippen LogP contribution is 2.32. The number of carbonyl (C=O) groups is 1. The molecular weight excluding hydrogens is 494 g/mol. The number of ether oxygens (including phenoxy) is 1. The number of fused-ring (bicyclic) bond motifs is 1. The van der Waals surface area contributed by atoms with E-state index in [0.717, 1.165) is 22.4 Å². The molecule has 4 aromatic rings. The molecule has 0 radical (unpaired) electrons. The number of nitro groups is 1. The van der Waals surface area contributed by atoms with Crippen LogP contribution in [0.5, 0.6) is 11.6 Å². The van der Waals surface area contributed by atoms with E-state index in [4.69, 9.17) is 14.7 Å². The standard InChI is InChI=1S/C30H29N5O4/c1-20-9-13-24(14-10-20)39-28-25-19-34(29(36)23-12-11-21(2)27(17-23)35(37)38)16-15-26(25)31-30(32-28)33(3)18-22-7-5-4-6-8-22/h4-14,17H,15-16,18-19H2,1-3H3. The van der Waals surface area contributed by atoms with E-state index < -0.39 is 4.92 Å². The van der Waals surface area contributed by atoms with Gasteiger partial charge in [0, 0.05) is 43.8 Å². The monoisotopic (exact) mass is 523 g/mol. The van der Waals surface area contributed by atoms with Crippen LogP contribution < -0.4 is 9.64 Å². The maximum absolute atomic E-state index is 13.4. The summed E-state index contributed by atoms with van der Waals surface area (Å²) in [5, 5.41) is 11.4. The summed E-state index contributed by atoms with van der Waals surface area (Å²) in [4.78, 5) is 37.6. The summed E-state index contributed by atoms with van der Waals surface area (Å²) >= 11 is 0. The van der Waals surface area contributed by atoms with Gasteiger partial charge in [-0.3, -0.25) is 14.9 Å². The Bertz CT molecular complexity index is 1520. The van der Waals surface area contributed by atoms with Gasteiger partial charge in [0.25, 0.3) is 11.6 Å². The van der Waals surface area contributed by atoms with Crippen LogP contribution in [-0.2, 0) is 19.5 Å². The minimum Gasteiger partial charge on any atom is -0.438 e. The lowest BCUT2D eigenvalue weighted by molar-refractivity contribution is -0.385. The van der Waals surface area contributed by atoms with Gasteiger partial charge in [0.1, 0.15) is 5.75 Å². The number of rotatable bonds is 7. The predicted molar refractivity (Wildman–Crippen MR) is 148 cm³/mol. The largest absolute Gasteiger partial charge is 0.438 e. The highest BCUT2D eigenvalue weighted by Gasteiger charge is 2.29. The molecule has 0 spiro atoms. The lowest BCUT2D eigenvalue weighted by Crippen LogP contribution is -2.37. The minimum atomic E-state index is -0.466. The molecule has 0 atom stereocenters. The summed E-state index contributed by atoms with van der Waals surface area (Å²) in [6.45, 7) is 4.95. The topological polar surface area (TPSA) is 102 Å². The highest BCUT2D eigenvalue weighted by atomic mass is 16.6. The molecule has 0 N–H and O–H groups in total. The van der Waals surface area contributed by atoms with E-state index >= 15 is 0 Å². The van der Waals surface area contributed by atoms with Crippen molar-refractivity contribution < 1.29 is 14.5 Å². The Hall–Kier alpha value is -4.79. The summed E-state index contributed by atoms with van der Waals surface area (Å²) < 4.78 is 6.27. The number of nitrogens with zero attached hydrogens (tertiary/aromatic N) is 5. The van der Waals surface area contributed by atoms with Crippen LogP contribution in [0.4, 0.5) is 11.6 Å². The molecule has 9 heteroatoms. The van der Waals surface area contributed by atoms with Crippen molar-refractivity contribution in [3.05, 3.63) is 116 Å². The van der Waals surface area contributed by atoms with Crippen LogP contribution in [0.25, 0.3) is 0 Å². The van der Waals surface area contributed by atoms with Gasteiger partial charge in [-0.25, -0.2) is 4.98 Å². The van der Waals surface area contributed by atoms with Crippen molar-refractivity contribution in [3.8, 4) is 11.6 Å². The Morgan fingerprint density at radius 2 is 1.79 bits per heavy atom. The first-order valence-corrected chi connectivity index (χ1v) is 12.7. The van der Waals surface area contributed by atoms with Gasteiger partial charge in [0.05, 0.1) is 22.7 Å². The van der Waals surface area contributed by atoms with Crippen molar-refractivity contribution in [2.24, 2.45) is 0 Å². The molecule has 1 aliphatic heterocycles. The second kappa shape index (κ2) is 10.9. The Morgan fingerprint density at radius 3 is 2.51 bits per heavy atom. The smallest absolute Gasteiger partial charge is 0.273 e. The first kappa shape index (κ1) is 25.8. The van der Waals surface area contributed by atoms with E-state index in [1.807, 2.05) is 61.3 Å². The third-order valence-electron chi connectivity index (χ3n) is 6.79. The van der Waals surface area contributed by atoms with Crippen LogP contribution >= 0.6 is 0 Å². The number of aryl methyl sites for hydroxylation is 2. The third kappa shape index (κ3) is 5.72. The molecule has 1 amide bonds. The molecule has 0 unspecified atom stereocenters. The van der Waals surface area contributed by atoms with Crippen LogP contribution in [0.1, 0.15) is 38.3 Å². The first-order chi connectivity index (χ1) is 18.8. The van der Waals surface area contributed by atoms with Crippen molar-refractivity contribution in [1.29, 1.82) is 0 Å². The van der Waals surface area contributed by atoms with E-state index in [0.29, 0.717) is 42.7 Å². The number of aromatic nitrogens is 2. The molecular formula is C30H29N5O4.